The fourth-order valence-corrected chi connectivity index (χ4v) is 3.27. The van der Waals surface area contributed by atoms with Crippen LogP contribution < -0.4 is 16.4 Å². The number of rotatable bonds is 12. The number of nitrogens with two attached hydrogens (primary N) is 1. The molecule has 1 aliphatic rings. The quantitative estimate of drug-likeness (QED) is 0.153. The number of nitrogens with one attached hydrogen (secondary N) is 2. The van der Waals surface area contributed by atoms with E-state index >= 15 is 0 Å². The zero-order valence-corrected chi connectivity index (χ0v) is 17.4. The summed E-state index contributed by atoms with van der Waals surface area (Å²) in [6.45, 7) is 0.184. The van der Waals surface area contributed by atoms with Gasteiger partial charge in [-0.2, -0.15) is 12.6 Å². The van der Waals surface area contributed by atoms with Crippen LogP contribution in [0, 0.1) is 0 Å². The zero-order chi connectivity index (χ0) is 23.7. The SMILES string of the molecule is NC(CCC(=O)O)C(=O)NC(CC(=O)O)C(=O)NC(CS)C(=O)N1CCCC1C(=O)O. The van der Waals surface area contributed by atoms with Gasteiger partial charge >= 0.3 is 17.9 Å². The number of carboxylic acid groups (broad SMARTS) is 3. The summed E-state index contributed by atoms with van der Waals surface area (Å²) in [4.78, 5) is 71.4. The molecule has 0 saturated carbocycles. The van der Waals surface area contributed by atoms with Gasteiger partial charge in [0.15, 0.2) is 0 Å². The van der Waals surface area contributed by atoms with Crippen LogP contribution in [-0.4, -0.2) is 92.3 Å². The third kappa shape index (κ3) is 8.05. The van der Waals surface area contributed by atoms with Crippen LogP contribution in [0.5, 0.6) is 0 Å². The molecule has 0 spiro atoms. The van der Waals surface area contributed by atoms with Crippen LogP contribution in [0.1, 0.15) is 32.1 Å². The van der Waals surface area contributed by atoms with Gasteiger partial charge in [0.2, 0.25) is 17.7 Å². The maximum atomic E-state index is 12.7. The minimum atomic E-state index is -1.59. The number of hydrogen-bond acceptors (Lipinski definition) is 8. The summed E-state index contributed by atoms with van der Waals surface area (Å²) in [6, 6.07) is -5.16. The summed E-state index contributed by atoms with van der Waals surface area (Å²) in [7, 11) is 0. The minimum absolute atomic E-state index is 0.184. The molecule has 0 bridgehead atoms. The molecule has 1 fully saturated rings. The molecule has 0 aromatic carbocycles. The molecule has 7 N–H and O–H groups in total. The molecule has 1 saturated heterocycles. The van der Waals surface area contributed by atoms with E-state index < -0.39 is 72.6 Å². The van der Waals surface area contributed by atoms with Gasteiger partial charge in [0.25, 0.3) is 0 Å². The smallest absolute Gasteiger partial charge is 0.326 e. The van der Waals surface area contributed by atoms with Crippen molar-refractivity contribution in [3.05, 3.63) is 0 Å². The first kappa shape index (κ1) is 26.2. The average Bonchev–Trinajstić information content (AvgIpc) is 3.18. The van der Waals surface area contributed by atoms with Gasteiger partial charge in [-0.1, -0.05) is 0 Å². The van der Waals surface area contributed by atoms with Crippen LogP contribution in [-0.2, 0) is 28.8 Å². The maximum Gasteiger partial charge on any atom is 0.326 e. The molecule has 0 radical (unpaired) electrons. The minimum Gasteiger partial charge on any atom is -0.481 e. The predicted octanol–water partition coefficient (Wildman–Crippen LogP) is -2.37. The third-order valence-electron chi connectivity index (χ3n) is 4.64. The van der Waals surface area contributed by atoms with Gasteiger partial charge in [-0.15, -0.1) is 0 Å². The Morgan fingerprint density at radius 1 is 1.00 bits per heavy atom. The summed E-state index contributed by atoms with van der Waals surface area (Å²) >= 11 is 4.00. The van der Waals surface area contributed by atoms with Gasteiger partial charge in [-0.25, -0.2) is 4.79 Å². The molecular formula is C17H26N4O9S. The number of amides is 3. The summed E-state index contributed by atoms with van der Waals surface area (Å²) in [6.07, 6.45) is -0.715. The maximum absolute atomic E-state index is 12.7. The first-order chi connectivity index (χ1) is 14.5. The van der Waals surface area contributed by atoms with E-state index in [1.807, 2.05) is 0 Å². The number of thiol groups is 1. The van der Waals surface area contributed by atoms with E-state index in [2.05, 4.69) is 23.3 Å². The molecule has 13 nitrogen and oxygen atoms in total. The van der Waals surface area contributed by atoms with E-state index in [0.717, 1.165) is 4.90 Å². The molecule has 3 amide bonds. The average molecular weight is 462 g/mol. The lowest BCUT2D eigenvalue weighted by Crippen LogP contribution is -2.58. The summed E-state index contributed by atoms with van der Waals surface area (Å²) < 4.78 is 0. The lowest BCUT2D eigenvalue weighted by molar-refractivity contribution is -0.149. The number of carboxylic acids is 3. The first-order valence-corrected chi connectivity index (χ1v) is 10.0. The fraction of sp³-hybridized carbons (Fsp3) is 0.647. The van der Waals surface area contributed by atoms with Crippen molar-refractivity contribution < 1.29 is 44.1 Å². The Balaban J connectivity index is 2.85. The number of aliphatic carboxylic acids is 3. The van der Waals surface area contributed by atoms with Crippen LogP contribution in [0.25, 0.3) is 0 Å². The Morgan fingerprint density at radius 2 is 1.61 bits per heavy atom. The lowest BCUT2D eigenvalue weighted by Gasteiger charge is -2.28. The molecule has 0 aromatic rings. The van der Waals surface area contributed by atoms with E-state index in [9.17, 15) is 33.9 Å². The van der Waals surface area contributed by atoms with E-state index in [1.165, 1.54) is 0 Å². The van der Waals surface area contributed by atoms with Gasteiger partial charge < -0.3 is 36.6 Å². The Kier molecular flexibility index (Phi) is 10.2. The standard InChI is InChI=1S/C17H26N4O9S/c18-8(3-4-12(22)23)14(26)19-9(6-13(24)25)15(27)20-10(7-31)16(28)21-5-1-2-11(21)17(29)30/h8-11,31H,1-7,18H2,(H,19,26)(H,20,27)(H,22,23)(H,24,25)(H,29,30). The van der Waals surface area contributed by atoms with Gasteiger partial charge in [-0.3, -0.25) is 24.0 Å². The highest BCUT2D eigenvalue weighted by Gasteiger charge is 2.38. The highest BCUT2D eigenvalue weighted by molar-refractivity contribution is 7.80. The van der Waals surface area contributed by atoms with E-state index in [0.29, 0.717) is 6.42 Å². The first-order valence-electron chi connectivity index (χ1n) is 9.42. The normalized spacial score (nSPS) is 18.5. The zero-order valence-electron chi connectivity index (χ0n) is 16.5. The Hall–Kier alpha value is -2.87. The monoisotopic (exact) mass is 462 g/mol. The van der Waals surface area contributed by atoms with Crippen molar-refractivity contribution in [1.29, 1.82) is 0 Å². The van der Waals surface area contributed by atoms with Crippen molar-refractivity contribution in [2.45, 2.75) is 56.3 Å². The molecule has 1 aliphatic heterocycles. The highest BCUT2D eigenvalue weighted by Crippen LogP contribution is 2.19. The molecule has 4 atom stereocenters. The van der Waals surface area contributed by atoms with Gasteiger partial charge in [0.1, 0.15) is 18.1 Å². The van der Waals surface area contributed by atoms with E-state index in [-0.39, 0.29) is 25.1 Å². The second-order valence-electron chi connectivity index (χ2n) is 6.97. The van der Waals surface area contributed by atoms with Crippen LogP contribution in [0.15, 0.2) is 0 Å². The van der Waals surface area contributed by atoms with Crippen LogP contribution >= 0.6 is 12.6 Å². The van der Waals surface area contributed by atoms with Gasteiger partial charge in [0.05, 0.1) is 12.5 Å². The summed E-state index contributed by atoms with van der Waals surface area (Å²) in [5.74, 6) is -6.59. The van der Waals surface area contributed by atoms with Crippen molar-refractivity contribution >= 4 is 48.3 Å². The second kappa shape index (κ2) is 12.1. The number of carbonyl (C=O) groups is 6. The molecule has 1 heterocycles. The summed E-state index contributed by atoms with van der Waals surface area (Å²) in [5, 5.41) is 31.3. The Morgan fingerprint density at radius 3 is 2.13 bits per heavy atom. The highest BCUT2D eigenvalue weighted by atomic mass is 32.1. The molecule has 0 aromatic heterocycles. The molecule has 31 heavy (non-hydrogen) atoms. The molecule has 14 heteroatoms. The van der Waals surface area contributed by atoms with Crippen molar-refractivity contribution in [1.82, 2.24) is 15.5 Å². The number of carbonyl (C=O) groups excluding carboxylic acids is 3. The lowest BCUT2D eigenvalue weighted by atomic mass is 10.1. The predicted molar refractivity (Wildman–Crippen MR) is 107 cm³/mol. The van der Waals surface area contributed by atoms with Crippen LogP contribution in [0.3, 0.4) is 0 Å². The summed E-state index contributed by atoms with van der Waals surface area (Å²) in [5.41, 5.74) is 5.56. The molecule has 4 unspecified atom stereocenters. The Bertz CT molecular complexity index is 732. The van der Waals surface area contributed by atoms with Crippen molar-refractivity contribution in [2.24, 2.45) is 5.73 Å². The van der Waals surface area contributed by atoms with E-state index in [1.54, 1.807) is 0 Å². The molecule has 174 valence electrons. The van der Waals surface area contributed by atoms with Crippen molar-refractivity contribution in [3.63, 3.8) is 0 Å². The van der Waals surface area contributed by atoms with Crippen molar-refractivity contribution in [3.8, 4) is 0 Å². The molecule has 1 rings (SSSR count). The number of likely N-dealkylation sites (tertiary alicyclic amines) is 1. The fourth-order valence-electron chi connectivity index (χ4n) is 3.02. The van der Waals surface area contributed by atoms with Gasteiger partial charge in [-0.05, 0) is 19.3 Å². The third-order valence-corrected chi connectivity index (χ3v) is 5.00. The van der Waals surface area contributed by atoms with Crippen LogP contribution in [0.2, 0.25) is 0 Å². The molecule has 0 aliphatic carbocycles. The Labute approximate surface area is 182 Å². The van der Waals surface area contributed by atoms with Gasteiger partial charge in [0, 0.05) is 18.7 Å². The van der Waals surface area contributed by atoms with Crippen LogP contribution in [0.4, 0.5) is 0 Å². The second-order valence-corrected chi connectivity index (χ2v) is 7.33. The van der Waals surface area contributed by atoms with Crippen molar-refractivity contribution in [2.75, 3.05) is 12.3 Å². The number of nitrogens with zero attached hydrogens (tertiary/aromatic N) is 1. The largest absolute Gasteiger partial charge is 0.481 e. The van der Waals surface area contributed by atoms with E-state index in [4.69, 9.17) is 15.9 Å². The number of hydrogen-bond donors (Lipinski definition) is 7. The molecular weight excluding hydrogens is 436 g/mol. The topological polar surface area (TPSA) is 216 Å².